The van der Waals surface area contributed by atoms with Gasteiger partial charge in [0.05, 0.1) is 29.3 Å². The summed E-state index contributed by atoms with van der Waals surface area (Å²) in [6.45, 7) is 11.7. The molecule has 3 aromatic rings. The monoisotopic (exact) mass is 358 g/mol. The van der Waals surface area contributed by atoms with Gasteiger partial charge in [-0.1, -0.05) is 19.9 Å². The topological polar surface area (TPSA) is 43.1 Å². The Morgan fingerprint density at radius 1 is 1.07 bits per heavy atom. The number of pyridine rings is 2. The quantitative estimate of drug-likeness (QED) is 0.625. The van der Waals surface area contributed by atoms with Gasteiger partial charge in [0.2, 0.25) is 0 Å². The molecule has 0 N–H and O–H groups in total. The van der Waals surface area contributed by atoms with Crippen LogP contribution < -0.4 is 0 Å². The Hall–Kier alpha value is -2.75. The largest absolute Gasteiger partial charge is 0.337 e. The first kappa shape index (κ1) is 17.7. The van der Waals surface area contributed by atoms with Crippen LogP contribution in [-0.2, 0) is 0 Å². The smallest absolute Gasteiger partial charge is 0.0916 e. The second kappa shape index (κ2) is 6.76. The third-order valence-corrected chi connectivity index (χ3v) is 5.48. The van der Waals surface area contributed by atoms with Crippen LogP contribution in [-0.4, -0.2) is 26.8 Å². The summed E-state index contributed by atoms with van der Waals surface area (Å²) >= 11 is 0. The van der Waals surface area contributed by atoms with Gasteiger partial charge in [0.15, 0.2) is 0 Å². The fraction of sp³-hybridized carbons (Fsp3) is 0.348. The summed E-state index contributed by atoms with van der Waals surface area (Å²) in [6.07, 6.45) is 6.12. The van der Waals surface area contributed by atoms with Crippen molar-refractivity contribution in [2.45, 2.75) is 46.6 Å². The van der Waals surface area contributed by atoms with E-state index in [9.17, 15) is 0 Å². The molecular formula is C23H26N4. The Kier molecular flexibility index (Phi) is 4.42. The number of nitrogens with zero attached hydrogens (tertiary/aromatic N) is 4. The predicted octanol–water partition coefficient (Wildman–Crippen LogP) is 5.41. The molecule has 0 aromatic carbocycles. The number of aromatic nitrogens is 3. The molecule has 27 heavy (non-hydrogen) atoms. The molecule has 0 amide bonds. The van der Waals surface area contributed by atoms with Crippen molar-refractivity contribution in [1.29, 1.82) is 0 Å². The molecule has 4 rings (SSSR count). The molecule has 1 aliphatic rings. The molecule has 1 aliphatic heterocycles. The second-order valence-electron chi connectivity index (χ2n) is 7.73. The summed E-state index contributed by atoms with van der Waals surface area (Å²) in [5.74, 6) is 0.416. The van der Waals surface area contributed by atoms with Crippen molar-refractivity contribution < 1.29 is 0 Å². The van der Waals surface area contributed by atoms with Crippen molar-refractivity contribution in [3.63, 3.8) is 0 Å². The molecule has 0 aliphatic carbocycles. The zero-order valence-corrected chi connectivity index (χ0v) is 16.7. The lowest BCUT2D eigenvalue weighted by Gasteiger charge is -2.15. The second-order valence-corrected chi connectivity index (χ2v) is 7.73. The van der Waals surface area contributed by atoms with Gasteiger partial charge in [0.1, 0.15) is 0 Å². The Morgan fingerprint density at radius 3 is 2.52 bits per heavy atom. The van der Waals surface area contributed by atoms with Gasteiger partial charge in [-0.05, 0) is 56.0 Å². The maximum absolute atomic E-state index is 4.88. The molecule has 138 valence electrons. The van der Waals surface area contributed by atoms with Gasteiger partial charge in [-0.15, -0.1) is 0 Å². The lowest BCUT2D eigenvalue weighted by Crippen LogP contribution is -2.07. The number of hydrogen-bond donors (Lipinski definition) is 0. The van der Waals surface area contributed by atoms with Crippen molar-refractivity contribution in [3.8, 4) is 0 Å². The third-order valence-electron chi connectivity index (χ3n) is 5.48. The number of hydrogen-bond acceptors (Lipinski definition) is 3. The molecule has 4 heterocycles. The van der Waals surface area contributed by atoms with E-state index in [0.29, 0.717) is 5.92 Å². The van der Waals surface area contributed by atoms with E-state index in [1.54, 1.807) is 0 Å². The highest BCUT2D eigenvalue weighted by Gasteiger charge is 2.21. The Balaban J connectivity index is 1.92. The minimum Gasteiger partial charge on any atom is -0.337 e. The van der Waals surface area contributed by atoms with Crippen molar-refractivity contribution in [3.05, 3.63) is 65.2 Å². The van der Waals surface area contributed by atoms with Crippen molar-refractivity contribution >= 4 is 22.3 Å². The normalized spacial score (nSPS) is 15.7. The van der Waals surface area contributed by atoms with Gasteiger partial charge in [-0.3, -0.25) is 15.0 Å². The molecule has 4 nitrogen and oxygen atoms in total. The van der Waals surface area contributed by atoms with Gasteiger partial charge < -0.3 is 4.57 Å². The maximum atomic E-state index is 4.88. The van der Waals surface area contributed by atoms with E-state index >= 15 is 0 Å². The van der Waals surface area contributed by atoms with Crippen LogP contribution in [0.15, 0.2) is 53.4 Å². The number of allylic oxidation sites excluding steroid dienone is 1. The van der Waals surface area contributed by atoms with E-state index in [2.05, 4.69) is 67.5 Å². The average Bonchev–Trinajstić information content (AvgIpc) is 3.21. The molecule has 0 saturated carbocycles. The number of aliphatic imine (C=N–C) groups is 1. The van der Waals surface area contributed by atoms with E-state index in [-0.39, 0.29) is 6.04 Å². The van der Waals surface area contributed by atoms with Gasteiger partial charge >= 0.3 is 0 Å². The molecular weight excluding hydrogens is 332 g/mol. The van der Waals surface area contributed by atoms with Crippen LogP contribution in [0.2, 0.25) is 0 Å². The van der Waals surface area contributed by atoms with E-state index in [4.69, 9.17) is 4.98 Å². The summed E-state index contributed by atoms with van der Waals surface area (Å²) in [6, 6.07) is 8.51. The lowest BCUT2D eigenvalue weighted by molar-refractivity contribution is 0.639. The van der Waals surface area contributed by atoms with Crippen molar-refractivity contribution in [1.82, 2.24) is 14.5 Å². The molecule has 0 radical (unpaired) electrons. The highest BCUT2D eigenvalue weighted by atomic mass is 15.0. The van der Waals surface area contributed by atoms with E-state index < -0.39 is 0 Å². The van der Waals surface area contributed by atoms with E-state index in [1.165, 1.54) is 16.7 Å². The zero-order valence-electron chi connectivity index (χ0n) is 16.7. The van der Waals surface area contributed by atoms with Gasteiger partial charge in [-0.2, -0.15) is 0 Å². The lowest BCUT2D eigenvalue weighted by atomic mass is 9.99. The fourth-order valence-electron chi connectivity index (χ4n) is 3.96. The van der Waals surface area contributed by atoms with E-state index in [0.717, 1.165) is 34.5 Å². The molecule has 0 bridgehead atoms. The van der Waals surface area contributed by atoms with Crippen LogP contribution in [0.5, 0.6) is 0 Å². The van der Waals surface area contributed by atoms with Crippen LogP contribution in [0.4, 0.5) is 0 Å². The SMILES string of the molecule is CC1=NCC(C)=C1c1cnc2c(C(C)C)cn([C@H](C)c3ccccn3)c2c1. The van der Waals surface area contributed by atoms with Crippen LogP contribution in [0.3, 0.4) is 0 Å². The van der Waals surface area contributed by atoms with Crippen LogP contribution in [0.1, 0.15) is 63.4 Å². The molecule has 0 fully saturated rings. The van der Waals surface area contributed by atoms with E-state index in [1.807, 2.05) is 24.5 Å². The summed E-state index contributed by atoms with van der Waals surface area (Å²) in [7, 11) is 0. The van der Waals surface area contributed by atoms with Crippen LogP contribution in [0.25, 0.3) is 16.6 Å². The summed E-state index contributed by atoms with van der Waals surface area (Å²) in [5, 5.41) is 0. The third kappa shape index (κ3) is 2.99. The minimum atomic E-state index is 0.145. The summed E-state index contributed by atoms with van der Waals surface area (Å²) in [4.78, 5) is 14.0. The van der Waals surface area contributed by atoms with Crippen molar-refractivity contribution in [2.75, 3.05) is 6.54 Å². The number of rotatable bonds is 4. The highest BCUT2D eigenvalue weighted by Crippen LogP contribution is 2.33. The Bertz CT molecular complexity index is 1050. The molecule has 4 heteroatoms. The zero-order chi connectivity index (χ0) is 19.1. The first-order valence-corrected chi connectivity index (χ1v) is 9.60. The molecule has 3 aromatic heterocycles. The molecule has 1 atom stereocenters. The predicted molar refractivity (Wildman–Crippen MR) is 112 cm³/mol. The first-order valence-electron chi connectivity index (χ1n) is 9.60. The van der Waals surface area contributed by atoms with Crippen LogP contribution >= 0.6 is 0 Å². The highest BCUT2D eigenvalue weighted by molar-refractivity contribution is 6.25. The standard InChI is InChI=1S/C23H26N4/c1-14(2)19-13-27(17(5)20-8-6-7-9-24-20)21-10-18(12-26-23(19)21)22-15(3)11-25-16(22)4/h6-10,12-14,17H,11H2,1-5H3/t17-/m1/s1. The molecule has 0 unspecified atom stereocenters. The maximum Gasteiger partial charge on any atom is 0.0916 e. The Labute approximate surface area is 160 Å². The van der Waals surface area contributed by atoms with Gasteiger partial charge in [0.25, 0.3) is 0 Å². The first-order chi connectivity index (χ1) is 13.0. The average molecular weight is 358 g/mol. The number of fused-ring (bicyclic) bond motifs is 1. The minimum absolute atomic E-state index is 0.145. The summed E-state index contributed by atoms with van der Waals surface area (Å²) < 4.78 is 2.32. The summed E-state index contributed by atoms with van der Waals surface area (Å²) in [5.41, 5.74) is 9.40. The Morgan fingerprint density at radius 2 is 1.89 bits per heavy atom. The van der Waals surface area contributed by atoms with Gasteiger partial charge in [0, 0.05) is 35.4 Å². The molecule has 0 saturated heterocycles. The fourth-order valence-corrected chi connectivity index (χ4v) is 3.96. The van der Waals surface area contributed by atoms with Gasteiger partial charge in [-0.25, -0.2) is 0 Å². The van der Waals surface area contributed by atoms with Crippen molar-refractivity contribution in [2.24, 2.45) is 4.99 Å². The molecule has 0 spiro atoms. The van der Waals surface area contributed by atoms with Crippen LogP contribution in [0, 0.1) is 0 Å².